The molecule has 1 aliphatic carbocycles. The van der Waals surface area contributed by atoms with Crippen LogP contribution in [0.15, 0.2) is 48.8 Å². The van der Waals surface area contributed by atoms with Gasteiger partial charge in [-0.05, 0) is 49.6 Å². The minimum Gasteiger partial charge on any atom is -0.378 e. The molecule has 0 aliphatic heterocycles. The van der Waals surface area contributed by atoms with Gasteiger partial charge in [0, 0.05) is 41.0 Å². The first-order valence-electron chi connectivity index (χ1n) is 8.26. The fourth-order valence-corrected chi connectivity index (χ4v) is 3.21. The summed E-state index contributed by atoms with van der Waals surface area (Å²) >= 11 is 5.96. The number of halogens is 1. The molecule has 1 aliphatic rings. The van der Waals surface area contributed by atoms with E-state index in [0.717, 1.165) is 18.4 Å². The van der Waals surface area contributed by atoms with Gasteiger partial charge in [0.05, 0.1) is 0 Å². The Balaban J connectivity index is 1.67. The van der Waals surface area contributed by atoms with Crippen LogP contribution in [-0.2, 0) is 0 Å². The number of nitrogens with one attached hydrogen (secondary N) is 1. The highest BCUT2D eigenvalue weighted by molar-refractivity contribution is 6.30. The van der Waals surface area contributed by atoms with E-state index in [2.05, 4.69) is 22.1 Å². The van der Waals surface area contributed by atoms with Gasteiger partial charge in [-0.2, -0.15) is 0 Å². The van der Waals surface area contributed by atoms with E-state index in [-0.39, 0.29) is 11.9 Å². The van der Waals surface area contributed by atoms with Gasteiger partial charge in [0.2, 0.25) is 0 Å². The highest BCUT2D eigenvalue weighted by Gasteiger charge is 2.33. The smallest absolute Gasteiger partial charge is 0.251 e. The molecule has 0 bridgehead atoms. The summed E-state index contributed by atoms with van der Waals surface area (Å²) in [6.45, 7) is 0. The maximum atomic E-state index is 12.3. The van der Waals surface area contributed by atoms with Crippen LogP contribution in [0.2, 0.25) is 5.02 Å². The van der Waals surface area contributed by atoms with Gasteiger partial charge in [0.25, 0.3) is 5.91 Å². The van der Waals surface area contributed by atoms with Gasteiger partial charge in [-0.3, -0.25) is 9.78 Å². The van der Waals surface area contributed by atoms with Crippen LogP contribution < -0.4 is 5.32 Å². The first kappa shape index (κ1) is 17.5. The lowest BCUT2D eigenvalue weighted by atomic mass is 9.82. The van der Waals surface area contributed by atoms with Crippen molar-refractivity contribution < 1.29 is 9.90 Å². The second kappa shape index (κ2) is 7.69. The average molecular weight is 355 g/mol. The van der Waals surface area contributed by atoms with Crippen molar-refractivity contribution in [2.75, 3.05) is 0 Å². The summed E-state index contributed by atoms with van der Waals surface area (Å²) in [6, 6.07) is 10.5. The Kier molecular flexibility index (Phi) is 5.37. The van der Waals surface area contributed by atoms with Gasteiger partial charge in [-0.15, -0.1) is 0 Å². The first-order chi connectivity index (χ1) is 12.0. The normalized spacial score (nSPS) is 22.6. The van der Waals surface area contributed by atoms with Crippen molar-refractivity contribution in [3.8, 4) is 11.8 Å². The molecule has 5 heteroatoms. The van der Waals surface area contributed by atoms with Crippen molar-refractivity contribution in [2.24, 2.45) is 0 Å². The zero-order valence-electron chi connectivity index (χ0n) is 13.7. The Morgan fingerprint density at radius 1 is 1.32 bits per heavy atom. The predicted molar refractivity (Wildman–Crippen MR) is 97.2 cm³/mol. The van der Waals surface area contributed by atoms with Crippen molar-refractivity contribution in [2.45, 2.75) is 37.3 Å². The molecular formula is C20H19ClN2O2. The number of amides is 1. The molecule has 3 rings (SSSR count). The maximum absolute atomic E-state index is 12.3. The van der Waals surface area contributed by atoms with Crippen LogP contribution in [0.3, 0.4) is 0 Å². The molecule has 1 aromatic carbocycles. The van der Waals surface area contributed by atoms with Gasteiger partial charge in [-0.25, -0.2) is 0 Å². The van der Waals surface area contributed by atoms with Crippen LogP contribution in [0, 0.1) is 11.8 Å². The summed E-state index contributed by atoms with van der Waals surface area (Å²) in [4.78, 5) is 16.2. The quantitative estimate of drug-likeness (QED) is 0.814. The van der Waals surface area contributed by atoms with E-state index in [1.165, 1.54) is 0 Å². The molecule has 1 unspecified atom stereocenters. The van der Waals surface area contributed by atoms with E-state index in [0.29, 0.717) is 23.4 Å². The van der Waals surface area contributed by atoms with Gasteiger partial charge in [0.15, 0.2) is 0 Å². The molecule has 4 nitrogen and oxygen atoms in total. The second-order valence-corrected chi connectivity index (χ2v) is 6.73. The summed E-state index contributed by atoms with van der Waals surface area (Å²) in [6.07, 6.45) is 5.82. The average Bonchev–Trinajstić information content (AvgIpc) is 2.61. The highest BCUT2D eigenvalue weighted by atomic mass is 35.5. The highest BCUT2D eigenvalue weighted by Crippen LogP contribution is 2.28. The summed E-state index contributed by atoms with van der Waals surface area (Å²) in [5.41, 5.74) is 0.231. The number of rotatable bonds is 2. The molecule has 1 fully saturated rings. The third-order valence-electron chi connectivity index (χ3n) is 4.27. The number of carbonyl (C=O) groups excluding carboxylic acids is 1. The third-order valence-corrected chi connectivity index (χ3v) is 4.50. The molecule has 1 amide bonds. The Hall–Kier alpha value is -2.35. The van der Waals surface area contributed by atoms with Crippen molar-refractivity contribution >= 4 is 17.5 Å². The van der Waals surface area contributed by atoms with Crippen LogP contribution in [0.4, 0.5) is 0 Å². The summed E-state index contributed by atoms with van der Waals surface area (Å²) in [5, 5.41) is 14.4. The molecular weight excluding hydrogens is 336 g/mol. The number of pyridine rings is 1. The molecule has 2 N–H and O–H groups in total. The van der Waals surface area contributed by atoms with Crippen molar-refractivity contribution in [1.29, 1.82) is 0 Å². The number of hydrogen-bond donors (Lipinski definition) is 2. The number of nitrogens with zero attached hydrogens (tertiary/aromatic N) is 1. The predicted octanol–water partition coefficient (Wildman–Crippen LogP) is 3.19. The Morgan fingerprint density at radius 2 is 2.12 bits per heavy atom. The molecule has 2 aromatic rings. The molecule has 1 saturated carbocycles. The maximum Gasteiger partial charge on any atom is 0.251 e. The molecule has 2 atom stereocenters. The lowest BCUT2D eigenvalue weighted by Crippen LogP contribution is -2.45. The van der Waals surface area contributed by atoms with Crippen LogP contribution in [-0.4, -0.2) is 27.6 Å². The topological polar surface area (TPSA) is 62.2 Å². The SMILES string of the molecule is O=C(N[C@@H]1CCCC(O)(C#Cc2cccc(Cl)c2)C1)c1ccncc1. The van der Waals surface area contributed by atoms with Gasteiger partial charge < -0.3 is 10.4 Å². The van der Waals surface area contributed by atoms with E-state index in [1.807, 2.05) is 12.1 Å². The molecule has 0 spiro atoms. The number of benzene rings is 1. The fourth-order valence-electron chi connectivity index (χ4n) is 3.02. The third kappa shape index (κ3) is 4.82. The number of hydrogen-bond acceptors (Lipinski definition) is 3. The van der Waals surface area contributed by atoms with E-state index in [9.17, 15) is 9.90 Å². The largest absolute Gasteiger partial charge is 0.378 e. The van der Waals surface area contributed by atoms with Crippen LogP contribution >= 0.6 is 11.6 Å². The molecule has 1 aromatic heterocycles. The Morgan fingerprint density at radius 3 is 2.88 bits per heavy atom. The summed E-state index contributed by atoms with van der Waals surface area (Å²) in [5.74, 6) is 5.81. The molecule has 128 valence electrons. The first-order valence-corrected chi connectivity index (χ1v) is 8.64. The molecule has 0 saturated heterocycles. The van der Waals surface area contributed by atoms with E-state index in [4.69, 9.17) is 11.6 Å². The van der Waals surface area contributed by atoms with Crippen LogP contribution in [0.25, 0.3) is 0 Å². The minimum atomic E-state index is -1.10. The monoisotopic (exact) mass is 354 g/mol. The lowest BCUT2D eigenvalue weighted by molar-refractivity contribution is 0.0452. The fraction of sp³-hybridized carbons (Fsp3) is 0.300. The van der Waals surface area contributed by atoms with E-state index >= 15 is 0 Å². The summed E-state index contributed by atoms with van der Waals surface area (Å²) < 4.78 is 0. The van der Waals surface area contributed by atoms with Crippen molar-refractivity contribution in [3.63, 3.8) is 0 Å². The number of carbonyl (C=O) groups is 1. The number of aliphatic hydroxyl groups is 1. The zero-order chi connectivity index (χ0) is 17.7. The van der Waals surface area contributed by atoms with Crippen LogP contribution in [0.5, 0.6) is 0 Å². The Bertz CT molecular complexity index is 813. The van der Waals surface area contributed by atoms with Crippen molar-refractivity contribution in [1.82, 2.24) is 10.3 Å². The van der Waals surface area contributed by atoms with Crippen LogP contribution in [0.1, 0.15) is 41.6 Å². The zero-order valence-corrected chi connectivity index (χ0v) is 14.5. The lowest BCUT2D eigenvalue weighted by Gasteiger charge is -2.33. The van der Waals surface area contributed by atoms with Crippen molar-refractivity contribution in [3.05, 3.63) is 64.9 Å². The second-order valence-electron chi connectivity index (χ2n) is 6.29. The van der Waals surface area contributed by atoms with E-state index in [1.54, 1.807) is 36.7 Å². The minimum absolute atomic E-state index is 0.104. The van der Waals surface area contributed by atoms with Gasteiger partial charge >= 0.3 is 0 Å². The van der Waals surface area contributed by atoms with Gasteiger partial charge in [-0.1, -0.05) is 29.5 Å². The van der Waals surface area contributed by atoms with E-state index < -0.39 is 5.60 Å². The van der Waals surface area contributed by atoms with Gasteiger partial charge in [0.1, 0.15) is 5.60 Å². The Labute approximate surface area is 152 Å². The molecule has 25 heavy (non-hydrogen) atoms. The molecule has 1 heterocycles. The number of aromatic nitrogens is 1. The summed E-state index contributed by atoms with van der Waals surface area (Å²) in [7, 11) is 0. The molecule has 0 radical (unpaired) electrons. The standard InChI is InChI=1S/C20H19ClN2O2/c21-17-4-1-3-15(13-17)6-10-20(25)9-2-5-18(14-20)23-19(24)16-7-11-22-12-8-16/h1,3-4,7-8,11-13,18,25H,2,5,9,14H2,(H,23,24)/t18-,20?/m1/s1.